The van der Waals surface area contributed by atoms with Crippen molar-refractivity contribution in [3.63, 3.8) is 0 Å². The molecule has 0 spiro atoms. The summed E-state index contributed by atoms with van der Waals surface area (Å²) in [7, 11) is 0. The average Bonchev–Trinajstić information content (AvgIpc) is 2.34. The van der Waals surface area contributed by atoms with Gasteiger partial charge in [0.15, 0.2) is 0 Å². The maximum Gasteiger partial charge on any atom is 0.225 e. The molecule has 2 N–H and O–H groups in total. The number of nitrogens with zero attached hydrogens (tertiary/aromatic N) is 1. The van der Waals surface area contributed by atoms with Crippen LogP contribution in [0, 0.1) is 23.7 Å². The predicted molar refractivity (Wildman–Crippen MR) is 83.2 cm³/mol. The third kappa shape index (κ3) is 3.36. The fourth-order valence-electron chi connectivity index (χ4n) is 4.17. The average molecular weight is 280 g/mol. The number of carbonyl (C=O) groups excluding carboxylic acids is 1. The van der Waals surface area contributed by atoms with E-state index < -0.39 is 0 Å². The molecule has 2 aliphatic rings. The molecule has 2 atom stereocenters. The standard InChI is InChI=1S/C17H32N2O/c1-11(2)10-19(12(3)4)17(20)15-8-13-6-5-7-14(9-15)16(13)18/h11-16H,5-10,18H2,1-4H3. The molecule has 0 radical (unpaired) electrons. The lowest BCUT2D eigenvalue weighted by atomic mass is 9.65. The summed E-state index contributed by atoms with van der Waals surface area (Å²) in [4.78, 5) is 15.0. The Balaban J connectivity index is 2.04. The molecule has 2 bridgehead atoms. The number of carbonyl (C=O) groups is 1. The lowest BCUT2D eigenvalue weighted by Crippen LogP contribution is -2.51. The van der Waals surface area contributed by atoms with Crippen LogP contribution in [0.4, 0.5) is 0 Å². The van der Waals surface area contributed by atoms with E-state index in [1.807, 2.05) is 0 Å². The molecule has 2 rings (SSSR count). The summed E-state index contributed by atoms with van der Waals surface area (Å²) in [5, 5.41) is 0. The molecule has 2 aliphatic carbocycles. The molecule has 3 nitrogen and oxygen atoms in total. The van der Waals surface area contributed by atoms with Gasteiger partial charge in [-0.05, 0) is 57.3 Å². The first kappa shape index (κ1) is 15.8. The van der Waals surface area contributed by atoms with E-state index in [9.17, 15) is 4.79 Å². The van der Waals surface area contributed by atoms with Gasteiger partial charge in [-0.25, -0.2) is 0 Å². The van der Waals surface area contributed by atoms with E-state index >= 15 is 0 Å². The van der Waals surface area contributed by atoms with Crippen molar-refractivity contribution >= 4 is 5.91 Å². The zero-order valence-electron chi connectivity index (χ0n) is 13.6. The first-order valence-electron chi connectivity index (χ1n) is 8.46. The van der Waals surface area contributed by atoms with Crippen LogP contribution >= 0.6 is 0 Å². The number of fused-ring (bicyclic) bond motifs is 2. The summed E-state index contributed by atoms with van der Waals surface area (Å²) in [5.41, 5.74) is 6.34. The van der Waals surface area contributed by atoms with Crippen LogP contribution in [0.3, 0.4) is 0 Å². The van der Waals surface area contributed by atoms with Gasteiger partial charge in [0, 0.05) is 24.5 Å². The highest BCUT2D eigenvalue weighted by atomic mass is 16.2. The number of rotatable bonds is 4. The molecule has 3 heteroatoms. The Morgan fingerprint density at radius 2 is 1.70 bits per heavy atom. The van der Waals surface area contributed by atoms with Crippen molar-refractivity contribution in [3.8, 4) is 0 Å². The van der Waals surface area contributed by atoms with E-state index in [2.05, 4.69) is 32.6 Å². The van der Waals surface area contributed by atoms with Crippen LogP contribution in [0.25, 0.3) is 0 Å². The van der Waals surface area contributed by atoms with Gasteiger partial charge in [-0.15, -0.1) is 0 Å². The van der Waals surface area contributed by atoms with Crippen molar-refractivity contribution in [2.24, 2.45) is 29.4 Å². The highest BCUT2D eigenvalue weighted by Gasteiger charge is 2.41. The first-order chi connectivity index (χ1) is 9.40. The van der Waals surface area contributed by atoms with Gasteiger partial charge in [0.05, 0.1) is 0 Å². The summed E-state index contributed by atoms with van der Waals surface area (Å²) >= 11 is 0. The highest BCUT2D eigenvalue weighted by molar-refractivity contribution is 5.79. The SMILES string of the molecule is CC(C)CN(C(=O)C1CC2CCCC(C1)C2N)C(C)C. The fourth-order valence-corrected chi connectivity index (χ4v) is 4.17. The van der Waals surface area contributed by atoms with Gasteiger partial charge in [-0.2, -0.15) is 0 Å². The molecule has 0 heterocycles. The Morgan fingerprint density at radius 1 is 1.15 bits per heavy atom. The van der Waals surface area contributed by atoms with Crippen molar-refractivity contribution in [1.82, 2.24) is 4.90 Å². The summed E-state index contributed by atoms with van der Waals surface area (Å²) in [6.07, 6.45) is 5.82. The van der Waals surface area contributed by atoms with Crippen LogP contribution in [0.15, 0.2) is 0 Å². The quantitative estimate of drug-likeness (QED) is 0.860. The van der Waals surface area contributed by atoms with Crippen molar-refractivity contribution < 1.29 is 4.79 Å². The summed E-state index contributed by atoms with van der Waals surface area (Å²) in [6, 6.07) is 0.658. The van der Waals surface area contributed by atoms with Gasteiger partial charge in [-0.3, -0.25) is 4.79 Å². The van der Waals surface area contributed by atoms with Crippen molar-refractivity contribution in [2.45, 2.75) is 71.9 Å². The third-order valence-electron chi connectivity index (χ3n) is 5.23. The molecule has 0 saturated heterocycles. The fraction of sp³-hybridized carbons (Fsp3) is 0.941. The summed E-state index contributed by atoms with van der Waals surface area (Å²) in [5.74, 6) is 2.32. The van der Waals surface area contributed by atoms with E-state index in [1.165, 1.54) is 19.3 Å². The van der Waals surface area contributed by atoms with Crippen LogP contribution in [0.1, 0.15) is 59.8 Å². The van der Waals surface area contributed by atoms with Gasteiger partial charge in [0.2, 0.25) is 5.91 Å². The largest absolute Gasteiger partial charge is 0.340 e. The normalized spacial score (nSPS) is 33.5. The summed E-state index contributed by atoms with van der Waals surface area (Å²) in [6.45, 7) is 9.53. The molecular formula is C17H32N2O. The molecule has 2 saturated carbocycles. The maximum absolute atomic E-state index is 12.9. The molecule has 20 heavy (non-hydrogen) atoms. The monoisotopic (exact) mass is 280 g/mol. The van der Waals surface area contributed by atoms with Crippen molar-refractivity contribution in [1.29, 1.82) is 0 Å². The molecule has 0 aliphatic heterocycles. The molecule has 0 aromatic heterocycles. The Morgan fingerprint density at radius 3 is 2.15 bits per heavy atom. The van der Waals surface area contributed by atoms with E-state index in [0.717, 1.165) is 19.4 Å². The van der Waals surface area contributed by atoms with Gasteiger partial charge >= 0.3 is 0 Å². The minimum atomic E-state index is 0.228. The molecule has 0 aromatic rings. The van der Waals surface area contributed by atoms with E-state index in [0.29, 0.717) is 35.7 Å². The highest BCUT2D eigenvalue weighted by Crippen LogP contribution is 2.42. The van der Waals surface area contributed by atoms with Gasteiger partial charge in [0.25, 0.3) is 0 Å². The van der Waals surface area contributed by atoms with Crippen LogP contribution in [0.5, 0.6) is 0 Å². The Labute approximate surface area is 124 Å². The predicted octanol–water partition coefficient (Wildman–Crippen LogP) is 3.03. The van der Waals surface area contributed by atoms with Crippen LogP contribution in [-0.2, 0) is 4.79 Å². The topological polar surface area (TPSA) is 46.3 Å². The maximum atomic E-state index is 12.9. The van der Waals surface area contributed by atoms with Gasteiger partial charge in [-0.1, -0.05) is 20.3 Å². The number of amides is 1. The second-order valence-corrected chi connectivity index (χ2v) is 7.67. The number of hydrogen-bond donors (Lipinski definition) is 1. The Hall–Kier alpha value is -0.570. The summed E-state index contributed by atoms with van der Waals surface area (Å²) < 4.78 is 0. The van der Waals surface area contributed by atoms with Gasteiger partial charge in [0.1, 0.15) is 0 Å². The second kappa shape index (κ2) is 6.46. The van der Waals surface area contributed by atoms with Gasteiger partial charge < -0.3 is 10.6 Å². The number of nitrogens with two attached hydrogens (primary N) is 1. The molecule has 2 fully saturated rings. The van der Waals surface area contributed by atoms with Crippen LogP contribution < -0.4 is 5.73 Å². The smallest absolute Gasteiger partial charge is 0.225 e. The third-order valence-corrected chi connectivity index (χ3v) is 5.23. The molecule has 0 aromatic carbocycles. The molecule has 2 unspecified atom stereocenters. The van der Waals surface area contributed by atoms with E-state index in [4.69, 9.17) is 5.73 Å². The zero-order chi connectivity index (χ0) is 14.9. The lowest BCUT2D eigenvalue weighted by Gasteiger charge is -2.45. The first-order valence-corrected chi connectivity index (χ1v) is 8.46. The minimum Gasteiger partial charge on any atom is -0.340 e. The van der Waals surface area contributed by atoms with Crippen molar-refractivity contribution in [3.05, 3.63) is 0 Å². The van der Waals surface area contributed by atoms with Crippen LogP contribution in [-0.4, -0.2) is 29.4 Å². The number of hydrogen-bond acceptors (Lipinski definition) is 2. The van der Waals surface area contributed by atoms with Crippen LogP contribution in [0.2, 0.25) is 0 Å². The minimum absolute atomic E-state index is 0.228. The molecule has 116 valence electrons. The van der Waals surface area contributed by atoms with E-state index in [-0.39, 0.29) is 5.92 Å². The second-order valence-electron chi connectivity index (χ2n) is 7.67. The Kier molecular flexibility index (Phi) is 5.11. The lowest BCUT2D eigenvalue weighted by molar-refractivity contribution is -0.141. The Bertz CT molecular complexity index is 326. The zero-order valence-corrected chi connectivity index (χ0v) is 13.6. The molecular weight excluding hydrogens is 248 g/mol. The van der Waals surface area contributed by atoms with E-state index in [1.54, 1.807) is 0 Å². The molecule has 1 amide bonds. The van der Waals surface area contributed by atoms with Crippen molar-refractivity contribution in [2.75, 3.05) is 6.54 Å².